The number of fused-ring (bicyclic) bond motifs is 1. The molecule has 0 unspecified atom stereocenters. The van der Waals surface area contributed by atoms with Crippen molar-refractivity contribution in [1.82, 2.24) is 4.57 Å². The Hall–Kier alpha value is -2.31. The lowest BCUT2D eigenvalue weighted by Crippen LogP contribution is -2.18. The van der Waals surface area contributed by atoms with Gasteiger partial charge >= 0.3 is 4.87 Å². The first-order valence-corrected chi connectivity index (χ1v) is 8.41. The third kappa shape index (κ3) is 3.16. The van der Waals surface area contributed by atoms with Crippen molar-refractivity contribution in [2.75, 3.05) is 6.61 Å². The number of aromatic nitrogens is 1. The number of ketones is 1. The van der Waals surface area contributed by atoms with Crippen molar-refractivity contribution in [3.05, 3.63) is 56.7 Å². The van der Waals surface area contributed by atoms with Crippen molar-refractivity contribution in [3.63, 3.8) is 0 Å². The lowest BCUT2D eigenvalue weighted by Gasteiger charge is -2.11. The molecule has 0 aliphatic heterocycles. The van der Waals surface area contributed by atoms with Crippen LogP contribution in [0.15, 0.2) is 41.2 Å². The number of rotatable bonds is 5. The topological polar surface area (TPSA) is 68.5 Å². The molecule has 1 heterocycles. The summed E-state index contributed by atoms with van der Waals surface area (Å²) < 4.78 is 8.06. The highest BCUT2D eigenvalue weighted by molar-refractivity contribution is 7.16. The molecule has 0 spiro atoms. The number of thiazole rings is 1. The molecular formula is C17H14ClNO4S. The van der Waals surface area contributed by atoms with Crippen LogP contribution in [0.4, 0.5) is 0 Å². The van der Waals surface area contributed by atoms with E-state index in [0.29, 0.717) is 17.3 Å². The molecule has 0 radical (unpaired) electrons. The number of benzene rings is 2. The first-order valence-electron chi connectivity index (χ1n) is 7.22. The van der Waals surface area contributed by atoms with Crippen LogP contribution in [0.25, 0.3) is 10.2 Å². The third-order valence-corrected chi connectivity index (χ3v) is 4.75. The van der Waals surface area contributed by atoms with Crippen molar-refractivity contribution in [1.29, 1.82) is 0 Å². The number of carbonyl (C=O) groups excluding carboxylic acids is 1. The summed E-state index contributed by atoms with van der Waals surface area (Å²) >= 11 is 7.14. The molecule has 0 saturated heterocycles. The highest BCUT2D eigenvalue weighted by Crippen LogP contribution is 2.28. The first kappa shape index (κ1) is 16.5. The molecule has 0 bridgehead atoms. The average Bonchev–Trinajstić information content (AvgIpc) is 2.82. The molecule has 0 saturated carbocycles. The van der Waals surface area contributed by atoms with E-state index < -0.39 is 0 Å². The van der Waals surface area contributed by atoms with Crippen LogP contribution in [0.3, 0.4) is 0 Å². The van der Waals surface area contributed by atoms with Gasteiger partial charge in [-0.1, -0.05) is 29.0 Å². The normalized spacial score (nSPS) is 10.9. The largest absolute Gasteiger partial charge is 0.507 e. The third-order valence-electron chi connectivity index (χ3n) is 3.56. The standard InChI is InChI=1S/C17H14ClNO4S/c1-10(20)16-13(21)3-2-4-14(16)23-8-7-19-12-9-11(18)5-6-15(12)24-17(19)22/h2-6,9,21H,7-8H2,1H3. The maximum absolute atomic E-state index is 12.1. The van der Waals surface area contributed by atoms with Gasteiger partial charge < -0.3 is 9.84 Å². The lowest BCUT2D eigenvalue weighted by molar-refractivity contribution is 0.101. The van der Waals surface area contributed by atoms with Crippen LogP contribution in [0.1, 0.15) is 17.3 Å². The molecule has 0 aliphatic rings. The van der Waals surface area contributed by atoms with Gasteiger partial charge in [0.25, 0.3) is 0 Å². The Kier molecular flexibility index (Phi) is 4.59. The van der Waals surface area contributed by atoms with Gasteiger partial charge in [-0.05, 0) is 37.3 Å². The van der Waals surface area contributed by atoms with Gasteiger partial charge in [0.1, 0.15) is 23.7 Å². The van der Waals surface area contributed by atoms with E-state index in [4.69, 9.17) is 16.3 Å². The van der Waals surface area contributed by atoms with E-state index in [2.05, 4.69) is 0 Å². The van der Waals surface area contributed by atoms with Gasteiger partial charge in [0.15, 0.2) is 5.78 Å². The molecule has 3 rings (SSSR count). The van der Waals surface area contributed by atoms with Gasteiger partial charge in [-0.15, -0.1) is 0 Å². The van der Waals surface area contributed by atoms with Gasteiger partial charge in [0.05, 0.1) is 16.8 Å². The van der Waals surface area contributed by atoms with Gasteiger partial charge in [-0.2, -0.15) is 0 Å². The molecule has 24 heavy (non-hydrogen) atoms. The summed E-state index contributed by atoms with van der Waals surface area (Å²) in [6, 6.07) is 9.94. The minimum Gasteiger partial charge on any atom is -0.507 e. The second-order valence-electron chi connectivity index (χ2n) is 5.19. The van der Waals surface area contributed by atoms with E-state index in [-0.39, 0.29) is 28.6 Å². The summed E-state index contributed by atoms with van der Waals surface area (Å²) in [6.45, 7) is 1.86. The predicted octanol–water partition coefficient (Wildman–Crippen LogP) is 3.70. The summed E-state index contributed by atoms with van der Waals surface area (Å²) in [5, 5.41) is 10.3. The highest BCUT2D eigenvalue weighted by atomic mass is 35.5. The van der Waals surface area contributed by atoms with Crippen molar-refractivity contribution in [2.24, 2.45) is 0 Å². The Morgan fingerprint density at radius 1 is 1.33 bits per heavy atom. The van der Waals surface area contributed by atoms with Gasteiger partial charge in [0, 0.05) is 5.02 Å². The number of ether oxygens (including phenoxy) is 1. The minimum absolute atomic E-state index is 0.0985. The zero-order chi connectivity index (χ0) is 17.3. The molecule has 1 aromatic heterocycles. The van der Waals surface area contributed by atoms with E-state index in [1.54, 1.807) is 28.8 Å². The van der Waals surface area contributed by atoms with Gasteiger partial charge in [-0.25, -0.2) is 0 Å². The van der Waals surface area contributed by atoms with Crippen molar-refractivity contribution in [3.8, 4) is 11.5 Å². The Balaban J connectivity index is 1.82. The number of carbonyl (C=O) groups is 1. The lowest BCUT2D eigenvalue weighted by atomic mass is 10.1. The zero-order valence-electron chi connectivity index (χ0n) is 12.8. The molecule has 1 N–H and O–H groups in total. The van der Waals surface area contributed by atoms with Crippen LogP contribution in [-0.2, 0) is 6.54 Å². The summed E-state index contributed by atoms with van der Waals surface area (Å²) in [6.07, 6.45) is 0. The summed E-state index contributed by atoms with van der Waals surface area (Å²) in [7, 11) is 0. The van der Waals surface area contributed by atoms with Crippen molar-refractivity contribution in [2.45, 2.75) is 13.5 Å². The molecule has 3 aromatic rings. The van der Waals surface area contributed by atoms with E-state index in [1.165, 1.54) is 13.0 Å². The van der Waals surface area contributed by atoms with Crippen LogP contribution in [-0.4, -0.2) is 22.1 Å². The highest BCUT2D eigenvalue weighted by Gasteiger charge is 2.14. The number of Topliss-reactive ketones (excluding diaryl/α,β-unsaturated/α-hetero) is 1. The van der Waals surface area contributed by atoms with Crippen LogP contribution in [0, 0.1) is 0 Å². The van der Waals surface area contributed by atoms with Gasteiger partial charge in [0.2, 0.25) is 0 Å². The van der Waals surface area contributed by atoms with E-state index in [1.807, 2.05) is 6.07 Å². The van der Waals surface area contributed by atoms with Crippen LogP contribution < -0.4 is 9.61 Å². The molecule has 0 amide bonds. The van der Waals surface area contributed by atoms with Crippen molar-refractivity contribution < 1.29 is 14.6 Å². The van der Waals surface area contributed by atoms with E-state index >= 15 is 0 Å². The molecular weight excluding hydrogens is 350 g/mol. The number of phenols is 1. The number of phenolic OH excluding ortho intramolecular Hbond substituents is 1. The minimum atomic E-state index is -0.284. The van der Waals surface area contributed by atoms with Crippen LogP contribution >= 0.6 is 22.9 Å². The van der Waals surface area contributed by atoms with Crippen LogP contribution in [0.2, 0.25) is 5.02 Å². The quantitative estimate of drug-likeness (QED) is 0.702. The maximum Gasteiger partial charge on any atom is 0.308 e. The summed E-state index contributed by atoms with van der Waals surface area (Å²) in [5.74, 6) is -0.105. The SMILES string of the molecule is CC(=O)c1c(O)cccc1OCCn1c(=O)sc2ccc(Cl)cc21. The number of aromatic hydroxyl groups is 1. The smallest absolute Gasteiger partial charge is 0.308 e. The molecule has 124 valence electrons. The van der Waals surface area contributed by atoms with E-state index in [9.17, 15) is 14.7 Å². The predicted molar refractivity (Wildman–Crippen MR) is 94.7 cm³/mol. The molecule has 2 aromatic carbocycles. The number of hydrogen-bond donors (Lipinski definition) is 1. The summed E-state index contributed by atoms with van der Waals surface area (Å²) in [5.41, 5.74) is 0.895. The van der Waals surface area contributed by atoms with Gasteiger partial charge in [-0.3, -0.25) is 14.2 Å². The second kappa shape index (κ2) is 6.67. The Bertz CT molecular complexity index is 976. The fraction of sp³-hybridized carbons (Fsp3) is 0.176. The molecule has 5 nitrogen and oxygen atoms in total. The summed E-state index contributed by atoms with van der Waals surface area (Å²) in [4.78, 5) is 23.6. The molecule has 0 atom stereocenters. The molecule has 0 aliphatic carbocycles. The fourth-order valence-electron chi connectivity index (χ4n) is 2.49. The maximum atomic E-state index is 12.1. The number of halogens is 1. The van der Waals surface area contributed by atoms with Crippen molar-refractivity contribution >= 4 is 38.9 Å². The number of nitrogens with zero attached hydrogens (tertiary/aromatic N) is 1. The average molecular weight is 364 g/mol. The number of hydrogen-bond acceptors (Lipinski definition) is 5. The first-order chi connectivity index (χ1) is 11.5. The molecule has 0 fully saturated rings. The van der Waals surface area contributed by atoms with E-state index in [0.717, 1.165) is 21.6 Å². The Morgan fingerprint density at radius 3 is 2.88 bits per heavy atom. The monoisotopic (exact) mass is 363 g/mol. The second-order valence-corrected chi connectivity index (χ2v) is 6.62. The molecule has 7 heteroatoms. The Morgan fingerprint density at radius 2 is 2.12 bits per heavy atom. The Labute approximate surface area is 146 Å². The zero-order valence-corrected chi connectivity index (χ0v) is 14.4. The fourth-order valence-corrected chi connectivity index (χ4v) is 3.55. The van der Waals surface area contributed by atoms with Crippen LogP contribution in [0.5, 0.6) is 11.5 Å².